The van der Waals surface area contributed by atoms with Gasteiger partial charge in [-0.2, -0.15) is 0 Å². The maximum absolute atomic E-state index is 12.0. The molecule has 12 heteroatoms. The monoisotopic (exact) mass is 693 g/mol. The second kappa shape index (κ2) is 16.2. The number of benzene rings is 2. The number of nitrogens with one attached hydrogen (secondary N) is 3. The Bertz CT molecular complexity index is 1440. The van der Waals surface area contributed by atoms with E-state index in [0.29, 0.717) is 56.5 Å². The third-order valence-electron chi connectivity index (χ3n) is 8.44. The topological polar surface area (TPSA) is 114 Å². The smallest absolute Gasteiger partial charge is 0.261 e. The number of halogens is 2. The van der Waals surface area contributed by atoms with Crippen molar-refractivity contribution in [2.75, 3.05) is 19.9 Å². The molecule has 0 saturated heterocycles. The van der Waals surface area contributed by atoms with Crippen molar-refractivity contribution < 1.29 is 14.1 Å². The Balaban J connectivity index is 0.000000222. The largest absolute Gasteiger partial charge is 0.495 e. The number of rotatable bonds is 14. The molecule has 246 valence electrons. The zero-order valence-electron chi connectivity index (χ0n) is 26.6. The van der Waals surface area contributed by atoms with Crippen LogP contribution in [0.25, 0.3) is 11.3 Å². The minimum Gasteiger partial charge on any atom is -0.495 e. The van der Waals surface area contributed by atoms with Crippen LogP contribution in [0, 0.1) is 0 Å². The van der Waals surface area contributed by atoms with Crippen molar-refractivity contribution in [1.82, 2.24) is 20.5 Å². The second-order valence-electron chi connectivity index (χ2n) is 12.0. The number of hydrogen-bond donors (Lipinski definition) is 5. The third kappa shape index (κ3) is 9.49. The van der Waals surface area contributed by atoms with Crippen LogP contribution in [0.5, 0.6) is 5.75 Å². The Morgan fingerprint density at radius 3 is 2.42 bits per heavy atom. The third-order valence-corrected chi connectivity index (χ3v) is 10.6. The standard InChI is InChI=1S/C21H29Cl2N3O.C12H16N2O2S2/c1-4-14(24-3)11-15(5-2)25-12-16-20(26-27-21(16)13-9-10-13)19-17(22)7-6-8-18(19)23;1-12(3-4-12)18-14-11(15)7-5-8(16-2)10(13)9(17)6-7/h6-8,13-15,24-25H,4-5,9-12H2,1-3H3;5-6,17H,3-4,13H2,1-2H3,(H,14,15). The lowest BCUT2D eigenvalue weighted by Crippen LogP contribution is -2.36. The summed E-state index contributed by atoms with van der Waals surface area (Å²) in [7, 11) is 3.55. The SMILES string of the molecule is CCC(CC(CC)NCc1c(-c2c(Cl)cccc2Cl)noc1C1CC1)NC.COc1cc(C(=O)NSC2(C)CC2)cc(S)c1N. The molecular weight excluding hydrogens is 649 g/mol. The number of hydrogen-bond acceptors (Lipinski definition) is 9. The number of nitrogen functional groups attached to an aromatic ring is 1. The summed E-state index contributed by atoms with van der Waals surface area (Å²) in [6.07, 6.45) is 7.89. The van der Waals surface area contributed by atoms with E-state index in [-0.39, 0.29) is 10.7 Å². The molecule has 1 heterocycles. The van der Waals surface area contributed by atoms with Gasteiger partial charge in [0, 0.05) is 50.9 Å². The van der Waals surface area contributed by atoms with Crippen molar-refractivity contribution >= 4 is 59.4 Å². The van der Waals surface area contributed by atoms with E-state index < -0.39 is 0 Å². The van der Waals surface area contributed by atoms with Crippen LogP contribution in [-0.4, -0.2) is 42.1 Å². The van der Waals surface area contributed by atoms with E-state index in [4.69, 9.17) is 38.2 Å². The Morgan fingerprint density at radius 1 is 1.20 bits per heavy atom. The average Bonchev–Trinajstić information content (AvgIpc) is 3.97. The molecule has 2 saturated carbocycles. The molecule has 0 aliphatic heterocycles. The molecule has 5 rings (SSSR count). The number of aromatic nitrogens is 1. The Kier molecular flexibility index (Phi) is 12.8. The maximum atomic E-state index is 12.0. The van der Waals surface area contributed by atoms with Crippen LogP contribution in [0.4, 0.5) is 5.69 Å². The highest BCUT2D eigenvalue weighted by Crippen LogP contribution is 2.47. The summed E-state index contributed by atoms with van der Waals surface area (Å²) in [6, 6.07) is 9.76. The summed E-state index contributed by atoms with van der Waals surface area (Å²) in [6.45, 7) is 7.29. The first-order valence-electron chi connectivity index (χ1n) is 15.5. The van der Waals surface area contributed by atoms with Crippen molar-refractivity contribution in [3.05, 3.63) is 57.3 Å². The molecule has 3 aromatic rings. The van der Waals surface area contributed by atoms with Gasteiger partial charge in [0.25, 0.3) is 5.91 Å². The van der Waals surface area contributed by atoms with E-state index >= 15 is 0 Å². The molecule has 0 spiro atoms. The van der Waals surface area contributed by atoms with E-state index in [1.165, 1.54) is 19.1 Å². The zero-order valence-corrected chi connectivity index (χ0v) is 29.9. The molecule has 2 atom stereocenters. The molecule has 2 aromatic carbocycles. The van der Waals surface area contributed by atoms with Gasteiger partial charge < -0.3 is 25.6 Å². The summed E-state index contributed by atoms with van der Waals surface area (Å²) < 4.78 is 13.9. The van der Waals surface area contributed by atoms with Crippen molar-refractivity contribution in [2.45, 2.75) is 99.9 Å². The summed E-state index contributed by atoms with van der Waals surface area (Å²) in [5.41, 5.74) is 9.36. The zero-order chi connectivity index (χ0) is 32.7. The normalized spacial score (nSPS) is 16.4. The predicted molar refractivity (Wildman–Crippen MR) is 190 cm³/mol. The van der Waals surface area contributed by atoms with Crippen LogP contribution in [0.2, 0.25) is 10.0 Å². The minimum absolute atomic E-state index is 0.151. The van der Waals surface area contributed by atoms with Crippen LogP contribution in [0.1, 0.15) is 93.3 Å². The Labute approximate surface area is 286 Å². The number of methoxy groups -OCH3 is 1. The minimum atomic E-state index is -0.151. The van der Waals surface area contributed by atoms with Gasteiger partial charge in [-0.3, -0.25) is 9.52 Å². The quantitative estimate of drug-likeness (QED) is 0.0651. The molecule has 2 fully saturated rings. The van der Waals surface area contributed by atoms with Crippen molar-refractivity contribution in [3.8, 4) is 17.0 Å². The van der Waals surface area contributed by atoms with Gasteiger partial charge in [0.1, 0.15) is 17.2 Å². The van der Waals surface area contributed by atoms with Crippen LogP contribution in [0.3, 0.4) is 0 Å². The molecule has 45 heavy (non-hydrogen) atoms. The molecular formula is C33H45Cl2N5O3S2. The highest BCUT2D eigenvalue weighted by atomic mass is 35.5. The second-order valence-corrected chi connectivity index (χ2v) is 14.6. The number of carbonyl (C=O) groups is 1. The number of nitrogens with two attached hydrogens (primary N) is 1. The van der Waals surface area contributed by atoms with Crippen molar-refractivity contribution in [3.63, 3.8) is 0 Å². The van der Waals surface area contributed by atoms with Gasteiger partial charge in [-0.15, -0.1) is 12.6 Å². The fourth-order valence-electron chi connectivity index (χ4n) is 4.97. The summed E-state index contributed by atoms with van der Waals surface area (Å²) in [5, 5.41) is 12.7. The molecule has 0 radical (unpaired) electrons. The first kappa shape index (κ1) is 35.8. The van der Waals surface area contributed by atoms with E-state index in [2.05, 4.69) is 53.9 Å². The number of thiol groups is 1. The average molecular weight is 695 g/mol. The van der Waals surface area contributed by atoms with Gasteiger partial charge in [0.05, 0.1) is 22.8 Å². The van der Waals surface area contributed by atoms with Crippen LogP contribution in [-0.2, 0) is 6.54 Å². The van der Waals surface area contributed by atoms with E-state index in [9.17, 15) is 4.79 Å². The highest BCUT2D eigenvalue weighted by molar-refractivity contribution is 7.99. The summed E-state index contributed by atoms with van der Waals surface area (Å²) in [4.78, 5) is 12.5. The molecule has 0 bridgehead atoms. The number of carbonyl (C=O) groups excluding carboxylic acids is 1. The van der Waals surface area contributed by atoms with Gasteiger partial charge in [-0.1, -0.05) is 48.3 Å². The number of amides is 1. The fourth-order valence-corrected chi connectivity index (χ4v) is 6.56. The van der Waals surface area contributed by atoms with Gasteiger partial charge in [0.2, 0.25) is 0 Å². The number of anilines is 1. The van der Waals surface area contributed by atoms with Crippen molar-refractivity contribution in [2.24, 2.45) is 0 Å². The lowest BCUT2D eigenvalue weighted by molar-refractivity contribution is 0.0983. The molecule has 8 nitrogen and oxygen atoms in total. The van der Waals surface area contributed by atoms with Crippen molar-refractivity contribution in [1.29, 1.82) is 0 Å². The number of ether oxygens (including phenoxy) is 1. The van der Waals surface area contributed by atoms with E-state index in [1.54, 1.807) is 12.1 Å². The predicted octanol–water partition coefficient (Wildman–Crippen LogP) is 8.28. The first-order valence-corrected chi connectivity index (χ1v) is 17.5. The molecule has 2 aliphatic rings. The molecule has 2 unspecified atom stereocenters. The van der Waals surface area contributed by atoms with Gasteiger partial charge in [-0.25, -0.2) is 0 Å². The summed E-state index contributed by atoms with van der Waals surface area (Å²) in [5.74, 6) is 1.78. The van der Waals surface area contributed by atoms with Crippen LogP contribution >= 0.6 is 47.8 Å². The molecule has 2 aliphatic carbocycles. The van der Waals surface area contributed by atoms with Gasteiger partial charge in [-0.05, 0) is 95.1 Å². The first-order chi connectivity index (χ1) is 21.5. The Morgan fingerprint density at radius 2 is 1.87 bits per heavy atom. The van der Waals surface area contributed by atoms with Gasteiger partial charge >= 0.3 is 0 Å². The van der Waals surface area contributed by atoms with E-state index in [1.807, 2.05) is 25.2 Å². The Hall–Kier alpha value is -2.08. The van der Waals surface area contributed by atoms with Crippen LogP contribution in [0.15, 0.2) is 39.8 Å². The lowest BCUT2D eigenvalue weighted by atomic mass is 10.0. The highest BCUT2D eigenvalue weighted by Gasteiger charge is 2.39. The van der Waals surface area contributed by atoms with Gasteiger partial charge in [0.15, 0.2) is 0 Å². The molecule has 1 aromatic heterocycles. The number of nitrogens with zero attached hydrogens (tertiary/aromatic N) is 1. The van der Waals surface area contributed by atoms with Crippen LogP contribution < -0.4 is 25.8 Å². The van der Waals surface area contributed by atoms with E-state index in [0.717, 1.165) is 67.5 Å². The lowest BCUT2D eigenvalue weighted by Gasteiger charge is -2.23. The molecule has 5 N–H and O–H groups in total. The molecule has 1 amide bonds. The maximum Gasteiger partial charge on any atom is 0.261 e. The summed E-state index contributed by atoms with van der Waals surface area (Å²) >= 11 is 18.6. The fraction of sp³-hybridized carbons (Fsp3) is 0.515.